The number of aliphatic hydroxyl groups excluding tert-OH is 1. The van der Waals surface area contributed by atoms with Crippen molar-refractivity contribution in [3.63, 3.8) is 0 Å². The minimum Gasteiger partial charge on any atom is -0.400 e. The number of carbonyl (C=O) groups is 1. The highest BCUT2D eigenvalue weighted by molar-refractivity contribution is 6.54. The topological polar surface area (TPSA) is 59.0 Å². The number of carbonyl (C=O) groups excluding carboxylic acids is 1. The van der Waals surface area contributed by atoms with Crippen molar-refractivity contribution in [2.24, 2.45) is 0 Å². The Morgan fingerprint density at radius 1 is 1.35 bits per heavy atom. The third-order valence-corrected chi connectivity index (χ3v) is 4.47. The van der Waals surface area contributed by atoms with Gasteiger partial charge in [-0.2, -0.15) is 0 Å². The molecule has 0 aliphatic carbocycles. The zero-order chi connectivity index (χ0) is 15.1. The van der Waals surface area contributed by atoms with Gasteiger partial charge in [-0.05, 0) is 46.5 Å². The zero-order valence-electron chi connectivity index (χ0n) is 13.0. The van der Waals surface area contributed by atoms with Crippen molar-refractivity contribution in [2.75, 3.05) is 13.1 Å². The molecular formula is C14H24BNO4. The lowest BCUT2D eigenvalue weighted by Crippen LogP contribution is -2.42. The Balaban J connectivity index is 2.02. The number of hydrogen-bond donors (Lipinski definition) is 1. The van der Waals surface area contributed by atoms with Gasteiger partial charge in [0, 0.05) is 13.1 Å². The van der Waals surface area contributed by atoms with Gasteiger partial charge in [0.05, 0.1) is 11.2 Å². The van der Waals surface area contributed by atoms with Crippen molar-refractivity contribution in [3.8, 4) is 0 Å². The fourth-order valence-corrected chi connectivity index (χ4v) is 2.36. The maximum absolute atomic E-state index is 11.7. The molecule has 2 aliphatic heterocycles. The minimum absolute atomic E-state index is 0.228. The molecule has 112 valence electrons. The van der Waals surface area contributed by atoms with E-state index in [-0.39, 0.29) is 24.2 Å². The summed E-state index contributed by atoms with van der Waals surface area (Å²) in [5, 5.41) is 9.33. The largest absolute Gasteiger partial charge is 0.490 e. The van der Waals surface area contributed by atoms with Gasteiger partial charge in [0.2, 0.25) is 0 Å². The fourth-order valence-electron chi connectivity index (χ4n) is 2.36. The molecule has 0 saturated carbocycles. The van der Waals surface area contributed by atoms with E-state index in [4.69, 9.17) is 9.31 Å². The molecule has 0 unspecified atom stereocenters. The second-order valence-electron chi connectivity index (χ2n) is 6.58. The SMILES string of the molecule is C[C@@H](O)C(=O)N1CC=C(B2OC(C)(C)C(C)(C)O2)CC1. The number of aliphatic hydroxyl groups is 1. The first-order chi connectivity index (χ1) is 9.14. The molecule has 1 saturated heterocycles. The Bertz CT molecular complexity index is 415. The Morgan fingerprint density at radius 2 is 1.90 bits per heavy atom. The normalized spacial score (nSPS) is 26.4. The van der Waals surface area contributed by atoms with Gasteiger partial charge in [-0.1, -0.05) is 6.08 Å². The van der Waals surface area contributed by atoms with Crippen LogP contribution in [0, 0.1) is 0 Å². The molecule has 2 aliphatic rings. The van der Waals surface area contributed by atoms with E-state index in [1.807, 2.05) is 33.8 Å². The van der Waals surface area contributed by atoms with E-state index in [0.717, 1.165) is 11.9 Å². The monoisotopic (exact) mass is 281 g/mol. The highest BCUT2D eigenvalue weighted by atomic mass is 16.7. The van der Waals surface area contributed by atoms with E-state index < -0.39 is 6.10 Å². The molecule has 0 spiro atoms. The lowest BCUT2D eigenvalue weighted by Gasteiger charge is -2.32. The van der Waals surface area contributed by atoms with Gasteiger partial charge >= 0.3 is 7.12 Å². The fraction of sp³-hybridized carbons (Fsp3) is 0.786. The van der Waals surface area contributed by atoms with Crippen LogP contribution in [-0.4, -0.2) is 53.4 Å². The number of rotatable bonds is 2. The molecule has 0 bridgehead atoms. The Kier molecular flexibility index (Phi) is 4.02. The van der Waals surface area contributed by atoms with Crippen molar-refractivity contribution in [2.45, 2.75) is 58.3 Å². The minimum atomic E-state index is -0.943. The molecule has 5 nitrogen and oxygen atoms in total. The molecule has 0 radical (unpaired) electrons. The molecule has 1 N–H and O–H groups in total. The predicted molar refractivity (Wildman–Crippen MR) is 77.0 cm³/mol. The van der Waals surface area contributed by atoms with Crippen molar-refractivity contribution >= 4 is 13.0 Å². The van der Waals surface area contributed by atoms with Gasteiger partial charge in [0.15, 0.2) is 0 Å². The van der Waals surface area contributed by atoms with Crippen molar-refractivity contribution in [3.05, 3.63) is 11.5 Å². The average molecular weight is 281 g/mol. The van der Waals surface area contributed by atoms with Gasteiger partial charge in [-0.25, -0.2) is 0 Å². The van der Waals surface area contributed by atoms with Crippen LogP contribution in [-0.2, 0) is 14.1 Å². The second-order valence-corrected chi connectivity index (χ2v) is 6.58. The quantitative estimate of drug-likeness (QED) is 0.772. The van der Waals surface area contributed by atoms with Crippen LogP contribution in [0.25, 0.3) is 0 Å². The number of amides is 1. The molecule has 0 aromatic rings. The first kappa shape index (κ1) is 15.5. The molecule has 6 heteroatoms. The number of nitrogens with zero attached hydrogens (tertiary/aromatic N) is 1. The van der Waals surface area contributed by atoms with Crippen LogP contribution in [0.2, 0.25) is 0 Å². The highest BCUT2D eigenvalue weighted by Gasteiger charge is 2.52. The first-order valence-electron chi connectivity index (χ1n) is 7.15. The molecule has 1 atom stereocenters. The highest BCUT2D eigenvalue weighted by Crippen LogP contribution is 2.39. The molecule has 1 amide bonds. The van der Waals surface area contributed by atoms with E-state index in [0.29, 0.717) is 13.1 Å². The van der Waals surface area contributed by atoms with Crippen molar-refractivity contribution < 1.29 is 19.2 Å². The maximum Gasteiger partial charge on any atom is 0.490 e. The Morgan fingerprint density at radius 3 is 2.30 bits per heavy atom. The summed E-state index contributed by atoms with van der Waals surface area (Å²) in [7, 11) is -0.330. The summed E-state index contributed by atoms with van der Waals surface area (Å²) in [6.45, 7) is 10.7. The molecule has 1 fully saturated rings. The van der Waals surface area contributed by atoms with E-state index in [2.05, 4.69) is 0 Å². The lowest BCUT2D eigenvalue weighted by molar-refractivity contribution is -0.138. The summed E-state index contributed by atoms with van der Waals surface area (Å²) < 4.78 is 12.0. The van der Waals surface area contributed by atoms with Crippen LogP contribution in [0.15, 0.2) is 11.5 Å². The van der Waals surface area contributed by atoms with Crippen molar-refractivity contribution in [1.82, 2.24) is 4.90 Å². The third kappa shape index (κ3) is 2.78. The molecule has 0 aromatic carbocycles. The first-order valence-corrected chi connectivity index (χ1v) is 7.15. The van der Waals surface area contributed by atoms with Crippen LogP contribution >= 0.6 is 0 Å². The van der Waals surface area contributed by atoms with Gasteiger partial charge in [-0.3, -0.25) is 4.79 Å². The summed E-state index contributed by atoms with van der Waals surface area (Å²) in [5.74, 6) is -0.228. The van der Waals surface area contributed by atoms with E-state index in [1.165, 1.54) is 6.92 Å². The molecule has 2 rings (SSSR count). The van der Waals surface area contributed by atoms with Gasteiger partial charge in [0.1, 0.15) is 6.10 Å². The molecule has 2 heterocycles. The predicted octanol–water partition coefficient (Wildman–Crippen LogP) is 1.16. The van der Waals surface area contributed by atoms with Gasteiger partial charge < -0.3 is 19.3 Å². The Labute approximate surface area is 121 Å². The second kappa shape index (κ2) is 5.17. The van der Waals surface area contributed by atoms with Crippen LogP contribution < -0.4 is 0 Å². The molecular weight excluding hydrogens is 257 g/mol. The lowest BCUT2D eigenvalue weighted by atomic mass is 9.74. The molecule has 20 heavy (non-hydrogen) atoms. The summed E-state index contributed by atoms with van der Waals surface area (Å²) >= 11 is 0. The van der Waals surface area contributed by atoms with Crippen LogP contribution in [0.1, 0.15) is 41.0 Å². The van der Waals surface area contributed by atoms with Crippen molar-refractivity contribution in [1.29, 1.82) is 0 Å². The van der Waals surface area contributed by atoms with E-state index in [9.17, 15) is 9.90 Å². The Hall–Kier alpha value is -0.845. The standard InChI is InChI=1S/C14H24BNO4/c1-10(17)12(18)16-8-6-11(7-9-16)15-19-13(2,3)14(4,5)20-15/h6,10,17H,7-9H2,1-5H3/t10-/m1/s1. The third-order valence-electron chi connectivity index (χ3n) is 4.47. The summed E-state index contributed by atoms with van der Waals surface area (Å²) in [6, 6.07) is 0. The summed E-state index contributed by atoms with van der Waals surface area (Å²) in [4.78, 5) is 13.4. The summed E-state index contributed by atoms with van der Waals surface area (Å²) in [5.41, 5.74) is 0.397. The van der Waals surface area contributed by atoms with Crippen LogP contribution in [0.3, 0.4) is 0 Å². The smallest absolute Gasteiger partial charge is 0.400 e. The van der Waals surface area contributed by atoms with E-state index in [1.54, 1.807) is 4.90 Å². The number of hydrogen-bond acceptors (Lipinski definition) is 4. The van der Waals surface area contributed by atoms with Gasteiger partial charge in [-0.15, -0.1) is 0 Å². The van der Waals surface area contributed by atoms with Crippen LogP contribution in [0.4, 0.5) is 0 Å². The van der Waals surface area contributed by atoms with E-state index >= 15 is 0 Å². The summed E-state index contributed by atoms with van der Waals surface area (Å²) in [6.07, 6.45) is 1.75. The van der Waals surface area contributed by atoms with Crippen LogP contribution in [0.5, 0.6) is 0 Å². The maximum atomic E-state index is 11.7. The van der Waals surface area contributed by atoms with Gasteiger partial charge in [0.25, 0.3) is 5.91 Å². The average Bonchev–Trinajstić information content (AvgIpc) is 2.57. The zero-order valence-corrected chi connectivity index (χ0v) is 13.0. The molecule has 0 aromatic heterocycles.